The first kappa shape index (κ1) is 13.2. The van der Waals surface area contributed by atoms with E-state index in [1.54, 1.807) is 0 Å². The monoisotopic (exact) mass is 248 g/mol. The molecule has 0 amide bonds. The predicted octanol–water partition coefficient (Wildman–Crippen LogP) is 3.60. The fourth-order valence-corrected chi connectivity index (χ4v) is 1.58. The minimum Gasteiger partial charge on any atom is -0.342 e. The Balaban J connectivity index is 0.00000144. The quantitative estimate of drug-likeness (QED) is 0.766. The van der Waals surface area contributed by atoms with Crippen LogP contribution in [0.1, 0.15) is 5.56 Å². The molecule has 2 rings (SSSR count). The number of hydrogen-bond donors (Lipinski definition) is 0. The summed E-state index contributed by atoms with van der Waals surface area (Å²) in [6.07, 6.45) is 8.95. The predicted molar refractivity (Wildman–Crippen MR) is 71.4 cm³/mol. The third-order valence-electron chi connectivity index (χ3n) is 2.36. The van der Waals surface area contributed by atoms with Crippen molar-refractivity contribution in [3.05, 3.63) is 77.1 Å². The van der Waals surface area contributed by atoms with Gasteiger partial charge in [0.15, 0.2) is 0 Å². The lowest BCUT2D eigenvalue weighted by molar-refractivity contribution is 0.468. The average Bonchev–Trinajstić information content (AvgIpc) is 2.33. The van der Waals surface area contributed by atoms with Gasteiger partial charge < -0.3 is 4.90 Å². The van der Waals surface area contributed by atoms with Crippen LogP contribution >= 0.6 is 12.4 Å². The Labute approximate surface area is 107 Å². The molecule has 1 aromatic carbocycles. The molecule has 0 N–H and O–H groups in total. The molecule has 0 atom stereocenters. The van der Waals surface area contributed by atoms with Gasteiger partial charge in [0, 0.05) is 12.7 Å². The van der Waals surface area contributed by atoms with Crippen LogP contribution in [0.2, 0.25) is 0 Å². The Kier molecular flexibility index (Phi) is 5.17. The molecule has 0 aliphatic carbocycles. The summed E-state index contributed by atoms with van der Waals surface area (Å²) in [6, 6.07) is 10.1. The highest BCUT2D eigenvalue weighted by Crippen LogP contribution is 2.16. The Morgan fingerprint density at radius 2 is 1.94 bits per heavy atom. The van der Waals surface area contributed by atoms with E-state index in [4.69, 9.17) is 0 Å². The zero-order valence-electron chi connectivity index (χ0n) is 9.19. The van der Waals surface area contributed by atoms with E-state index in [0.29, 0.717) is 0 Å². The van der Waals surface area contributed by atoms with E-state index in [-0.39, 0.29) is 12.4 Å². The molecule has 0 spiro atoms. The third-order valence-corrected chi connectivity index (χ3v) is 2.36. The van der Waals surface area contributed by atoms with Gasteiger partial charge in [0.1, 0.15) is 0 Å². The summed E-state index contributed by atoms with van der Waals surface area (Å²) in [5.41, 5.74) is 2.00. The van der Waals surface area contributed by atoms with Gasteiger partial charge in [0.05, 0.1) is 11.9 Å². The van der Waals surface area contributed by atoms with Crippen molar-refractivity contribution >= 4 is 12.4 Å². The molecular formula is C13H13ClN2O. The van der Waals surface area contributed by atoms with Gasteiger partial charge in [-0.05, 0) is 22.9 Å². The Hall–Kier alpha value is -1.87. The summed E-state index contributed by atoms with van der Waals surface area (Å²) < 4.78 is 0. The van der Waals surface area contributed by atoms with Gasteiger partial charge >= 0.3 is 0 Å². The smallest absolute Gasteiger partial charge is 0.0951 e. The van der Waals surface area contributed by atoms with Gasteiger partial charge in [-0.2, -0.15) is 0 Å². The van der Waals surface area contributed by atoms with Crippen LogP contribution in [-0.2, 0) is 6.54 Å². The normalized spacial score (nSPS) is 15.8. The van der Waals surface area contributed by atoms with Crippen molar-refractivity contribution in [2.24, 2.45) is 5.18 Å². The number of nitroso groups, excluding NO2 is 1. The number of hydrogen-bond acceptors (Lipinski definition) is 3. The van der Waals surface area contributed by atoms with Gasteiger partial charge in [0.25, 0.3) is 0 Å². The van der Waals surface area contributed by atoms with Crippen molar-refractivity contribution < 1.29 is 0 Å². The number of halogens is 1. The molecule has 3 nitrogen and oxygen atoms in total. The molecule has 1 aromatic rings. The van der Waals surface area contributed by atoms with E-state index < -0.39 is 0 Å². The summed E-state index contributed by atoms with van der Waals surface area (Å²) in [7, 11) is 0. The lowest BCUT2D eigenvalue weighted by Crippen LogP contribution is -2.16. The Morgan fingerprint density at radius 1 is 1.18 bits per heavy atom. The SMILES string of the molecule is Cl.O=N/C=C1\C=CC=CN1Cc1ccccc1. The minimum atomic E-state index is 0. The van der Waals surface area contributed by atoms with E-state index in [1.165, 1.54) is 11.8 Å². The summed E-state index contributed by atoms with van der Waals surface area (Å²) in [6.45, 7) is 0.739. The van der Waals surface area contributed by atoms with E-state index in [1.807, 2.05) is 47.5 Å². The first-order chi connectivity index (χ1) is 7.90. The number of benzene rings is 1. The topological polar surface area (TPSA) is 32.7 Å². The zero-order chi connectivity index (χ0) is 11.2. The van der Waals surface area contributed by atoms with Crippen LogP contribution in [0, 0.1) is 4.91 Å². The van der Waals surface area contributed by atoms with E-state index >= 15 is 0 Å². The van der Waals surface area contributed by atoms with Crippen LogP contribution in [-0.4, -0.2) is 4.90 Å². The van der Waals surface area contributed by atoms with Gasteiger partial charge in [-0.1, -0.05) is 36.4 Å². The lowest BCUT2D eigenvalue weighted by Gasteiger charge is -2.22. The molecule has 17 heavy (non-hydrogen) atoms. The van der Waals surface area contributed by atoms with E-state index in [9.17, 15) is 4.91 Å². The maximum atomic E-state index is 10.3. The molecule has 4 heteroatoms. The van der Waals surface area contributed by atoms with Crippen molar-refractivity contribution in [3.8, 4) is 0 Å². The van der Waals surface area contributed by atoms with Crippen LogP contribution < -0.4 is 0 Å². The summed E-state index contributed by atoms with van der Waals surface area (Å²) >= 11 is 0. The van der Waals surface area contributed by atoms with Crippen LogP contribution in [0.4, 0.5) is 0 Å². The largest absolute Gasteiger partial charge is 0.342 e. The third kappa shape index (κ3) is 3.57. The summed E-state index contributed by atoms with van der Waals surface area (Å²) in [5.74, 6) is 0. The van der Waals surface area contributed by atoms with Gasteiger partial charge in [0.2, 0.25) is 0 Å². The molecule has 1 heterocycles. The van der Waals surface area contributed by atoms with Crippen LogP contribution in [0.25, 0.3) is 0 Å². The second-order valence-electron chi connectivity index (χ2n) is 3.47. The molecule has 0 fully saturated rings. The fourth-order valence-electron chi connectivity index (χ4n) is 1.58. The average molecular weight is 249 g/mol. The van der Waals surface area contributed by atoms with Crippen LogP contribution in [0.3, 0.4) is 0 Å². The molecule has 0 radical (unpaired) electrons. The standard InChI is InChI=1S/C13H12N2O.ClH/c16-14-10-13-8-4-5-9-15(13)11-12-6-2-1-3-7-12;/h1-10H,11H2;1H/b13-10+;. The highest BCUT2D eigenvalue weighted by molar-refractivity contribution is 5.85. The first-order valence-electron chi connectivity index (χ1n) is 5.08. The summed E-state index contributed by atoms with van der Waals surface area (Å²) in [5, 5.41) is 2.81. The number of allylic oxidation sites excluding steroid dienone is 3. The maximum absolute atomic E-state index is 10.3. The van der Waals surface area contributed by atoms with E-state index in [2.05, 4.69) is 17.3 Å². The molecule has 0 saturated carbocycles. The number of rotatable bonds is 3. The highest BCUT2D eigenvalue weighted by atomic mass is 35.5. The van der Waals surface area contributed by atoms with Crippen LogP contribution in [0.5, 0.6) is 0 Å². The summed E-state index contributed by atoms with van der Waals surface area (Å²) in [4.78, 5) is 12.2. The second-order valence-corrected chi connectivity index (χ2v) is 3.47. The van der Waals surface area contributed by atoms with Crippen molar-refractivity contribution in [1.82, 2.24) is 4.90 Å². The van der Waals surface area contributed by atoms with Gasteiger partial charge in [-0.25, -0.2) is 0 Å². The molecule has 88 valence electrons. The molecular weight excluding hydrogens is 236 g/mol. The van der Waals surface area contributed by atoms with Crippen molar-refractivity contribution in [3.63, 3.8) is 0 Å². The first-order valence-corrected chi connectivity index (χ1v) is 5.08. The molecule has 0 saturated heterocycles. The van der Waals surface area contributed by atoms with E-state index in [0.717, 1.165) is 12.2 Å². The van der Waals surface area contributed by atoms with Crippen LogP contribution in [0.15, 0.2) is 71.8 Å². The Morgan fingerprint density at radius 3 is 2.65 bits per heavy atom. The van der Waals surface area contributed by atoms with Gasteiger partial charge in [-0.3, -0.25) is 0 Å². The van der Waals surface area contributed by atoms with Crippen molar-refractivity contribution in [2.75, 3.05) is 0 Å². The highest BCUT2D eigenvalue weighted by Gasteiger charge is 2.07. The fraction of sp³-hybridized carbons (Fsp3) is 0.0769. The maximum Gasteiger partial charge on any atom is 0.0951 e. The van der Waals surface area contributed by atoms with Crippen molar-refractivity contribution in [2.45, 2.75) is 6.54 Å². The molecule has 0 aromatic heterocycles. The molecule has 0 bridgehead atoms. The van der Waals surface area contributed by atoms with Crippen molar-refractivity contribution in [1.29, 1.82) is 0 Å². The molecule has 1 aliphatic rings. The van der Waals surface area contributed by atoms with Gasteiger partial charge in [-0.15, -0.1) is 17.3 Å². The minimum absolute atomic E-state index is 0. The second kappa shape index (κ2) is 6.66. The molecule has 1 aliphatic heterocycles. The zero-order valence-corrected chi connectivity index (χ0v) is 10.0. The molecule has 0 unspecified atom stereocenters. The lowest BCUT2D eigenvalue weighted by atomic mass is 10.2. The Bertz CT molecular complexity index is 452. The number of nitrogens with zero attached hydrogens (tertiary/aromatic N) is 2.